The number of hydrogen-bond donors (Lipinski definition) is 1. The number of ether oxygens (including phenoxy) is 1. The fourth-order valence-corrected chi connectivity index (χ4v) is 5.79. The number of fused-ring (bicyclic) bond motifs is 3. The lowest BCUT2D eigenvalue weighted by Crippen LogP contribution is -2.48. The van der Waals surface area contributed by atoms with Crippen LogP contribution >= 0.6 is 22.7 Å². The van der Waals surface area contributed by atoms with Crippen LogP contribution in [-0.4, -0.2) is 41.7 Å². The molecule has 0 aromatic carbocycles. The molecule has 2 aliphatic rings. The fourth-order valence-electron chi connectivity index (χ4n) is 3.90. The number of nitrogens with zero attached hydrogens (tertiary/aromatic N) is 3. The van der Waals surface area contributed by atoms with E-state index in [4.69, 9.17) is 20.4 Å². The lowest BCUT2D eigenvalue weighted by Gasteiger charge is -2.33. The van der Waals surface area contributed by atoms with E-state index in [2.05, 4.69) is 16.3 Å². The number of carbonyl (C=O) groups is 1. The van der Waals surface area contributed by atoms with E-state index in [1.807, 2.05) is 5.38 Å². The number of rotatable bonds is 3. The first-order valence-corrected chi connectivity index (χ1v) is 11.0. The molecule has 140 valence electrons. The second-order valence-electron chi connectivity index (χ2n) is 6.98. The maximum absolute atomic E-state index is 11.7. The van der Waals surface area contributed by atoms with Crippen molar-refractivity contribution in [2.75, 3.05) is 24.6 Å². The zero-order valence-electron chi connectivity index (χ0n) is 14.8. The zero-order valence-corrected chi connectivity index (χ0v) is 16.4. The van der Waals surface area contributed by atoms with Crippen LogP contribution in [0.1, 0.15) is 23.3 Å². The van der Waals surface area contributed by atoms with Crippen LogP contribution < -0.4 is 10.6 Å². The molecule has 5 rings (SSSR count). The fraction of sp³-hybridized carbons (Fsp3) is 0.421. The third kappa shape index (κ3) is 3.01. The number of primary amides is 1. The minimum absolute atomic E-state index is 0.421. The number of amides is 1. The molecule has 27 heavy (non-hydrogen) atoms. The first-order chi connectivity index (χ1) is 13.2. The molecule has 6 nitrogen and oxygen atoms in total. The van der Waals surface area contributed by atoms with Crippen LogP contribution in [0.3, 0.4) is 0 Å². The molecular weight excluding hydrogens is 380 g/mol. The molecule has 1 unspecified atom stereocenters. The highest BCUT2D eigenvalue weighted by Gasteiger charge is 2.29. The number of nitrogens with two attached hydrogens (primary N) is 1. The van der Waals surface area contributed by atoms with Crippen molar-refractivity contribution in [3.05, 3.63) is 27.3 Å². The largest absolute Gasteiger partial charge is 0.367 e. The maximum Gasteiger partial charge on any atom is 0.248 e. The molecule has 3 aromatic heterocycles. The third-order valence-electron chi connectivity index (χ3n) is 5.26. The van der Waals surface area contributed by atoms with Gasteiger partial charge in [0.15, 0.2) is 11.9 Å². The van der Waals surface area contributed by atoms with Crippen LogP contribution in [0, 0.1) is 0 Å². The summed E-state index contributed by atoms with van der Waals surface area (Å²) in [5.74, 6) is 1.25. The summed E-state index contributed by atoms with van der Waals surface area (Å²) in [6.45, 7) is 1.61. The van der Waals surface area contributed by atoms with Gasteiger partial charge in [-0.1, -0.05) is 0 Å². The van der Waals surface area contributed by atoms with Gasteiger partial charge in [0, 0.05) is 22.4 Å². The van der Waals surface area contributed by atoms with Crippen LogP contribution in [0.25, 0.3) is 21.6 Å². The number of carbonyl (C=O) groups excluding carboxylic acids is 1. The molecule has 0 spiro atoms. The predicted molar refractivity (Wildman–Crippen MR) is 109 cm³/mol. The zero-order chi connectivity index (χ0) is 18.4. The summed E-state index contributed by atoms with van der Waals surface area (Å²) in [5, 5.41) is 5.28. The van der Waals surface area contributed by atoms with E-state index < -0.39 is 12.0 Å². The van der Waals surface area contributed by atoms with Crippen molar-refractivity contribution < 1.29 is 9.53 Å². The molecule has 0 radical (unpaired) electrons. The van der Waals surface area contributed by atoms with Gasteiger partial charge in [-0.05, 0) is 42.7 Å². The number of morpholine rings is 1. The van der Waals surface area contributed by atoms with Crippen molar-refractivity contribution in [1.82, 2.24) is 9.97 Å². The quantitative estimate of drug-likeness (QED) is 0.731. The molecule has 1 amide bonds. The van der Waals surface area contributed by atoms with Gasteiger partial charge >= 0.3 is 0 Å². The smallest absolute Gasteiger partial charge is 0.248 e. The van der Waals surface area contributed by atoms with E-state index in [1.54, 1.807) is 22.7 Å². The van der Waals surface area contributed by atoms with E-state index in [0.717, 1.165) is 34.9 Å². The highest BCUT2D eigenvalue weighted by Crippen LogP contribution is 2.41. The third-order valence-corrected chi connectivity index (χ3v) is 7.13. The normalized spacial score (nSPS) is 20.0. The second-order valence-corrected chi connectivity index (χ2v) is 8.85. The van der Waals surface area contributed by atoms with Crippen molar-refractivity contribution in [3.8, 4) is 11.4 Å². The van der Waals surface area contributed by atoms with E-state index in [1.165, 1.54) is 28.7 Å². The number of aryl methyl sites for hydroxylation is 2. The Labute approximate surface area is 165 Å². The number of thiophene rings is 2. The Bertz CT molecular complexity index is 999. The molecule has 1 aliphatic heterocycles. The molecule has 0 bridgehead atoms. The summed E-state index contributed by atoms with van der Waals surface area (Å²) >= 11 is 3.44. The average Bonchev–Trinajstić information content (AvgIpc) is 3.35. The van der Waals surface area contributed by atoms with Gasteiger partial charge in [0.1, 0.15) is 10.6 Å². The minimum atomic E-state index is -0.595. The molecule has 1 fully saturated rings. The molecule has 1 aliphatic carbocycles. The number of anilines is 1. The Kier molecular flexibility index (Phi) is 4.34. The summed E-state index contributed by atoms with van der Waals surface area (Å²) in [5.41, 5.74) is 7.93. The average molecular weight is 401 g/mol. The van der Waals surface area contributed by atoms with Gasteiger partial charge in [-0.2, -0.15) is 11.3 Å². The summed E-state index contributed by atoms with van der Waals surface area (Å²) in [4.78, 5) is 26.2. The van der Waals surface area contributed by atoms with Gasteiger partial charge in [0.2, 0.25) is 5.91 Å². The van der Waals surface area contributed by atoms with Gasteiger partial charge in [-0.15, -0.1) is 11.3 Å². The maximum atomic E-state index is 11.7. The Morgan fingerprint density at radius 1 is 1.30 bits per heavy atom. The molecule has 3 aromatic rings. The minimum Gasteiger partial charge on any atom is -0.367 e. The van der Waals surface area contributed by atoms with Gasteiger partial charge < -0.3 is 15.4 Å². The van der Waals surface area contributed by atoms with Crippen molar-refractivity contribution in [2.24, 2.45) is 5.73 Å². The van der Waals surface area contributed by atoms with Gasteiger partial charge in [-0.3, -0.25) is 4.79 Å². The van der Waals surface area contributed by atoms with Crippen molar-refractivity contribution in [2.45, 2.75) is 31.8 Å². The van der Waals surface area contributed by atoms with Gasteiger partial charge in [-0.25, -0.2) is 9.97 Å². The Hall–Kier alpha value is -2.03. The number of hydrogen-bond acceptors (Lipinski definition) is 7. The van der Waals surface area contributed by atoms with Crippen molar-refractivity contribution in [3.63, 3.8) is 0 Å². The van der Waals surface area contributed by atoms with E-state index in [9.17, 15) is 4.79 Å². The van der Waals surface area contributed by atoms with Gasteiger partial charge in [0.25, 0.3) is 0 Å². The highest BCUT2D eigenvalue weighted by molar-refractivity contribution is 7.19. The SMILES string of the molecule is NC(=O)C1CN(c2nc(-c3ccsc3)nc3sc4c(c23)CCCC4)CCO1. The molecule has 1 atom stereocenters. The number of aromatic nitrogens is 2. The van der Waals surface area contributed by atoms with Crippen molar-refractivity contribution in [1.29, 1.82) is 0 Å². The van der Waals surface area contributed by atoms with E-state index >= 15 is 0 Å². The summed E-state index contributed by atoms with van der Waals surface area (Å²) < 4.78 is 5.54. The van der Waals surface area contributed by atoms with Crippen LogP contribution in [0.2, 0.25) is 0 Å². The lowest BCUT2D eigenvalue weighted by molar-refractivity contribution is -0.130. The molecule has 0 saturated carbocycles. The molecular formula is C19H20N4O2S2. The topological polar surface area (TPSA) is 81.3 Å². The first kappa shape index (κ1) is 17.1. The van der Waals surface area contributed by atoms with E-state index in [0.29, 0.717) is 19.7 Å². The standard InChI is InChI=1S/C19H20N4O2S2/c20-16(24)13-9-23(6-7-25-13)18-15-12-3-1-2-4-14(12)27-19(15)22-17(21-18)11-5-8-26-10-11/h5,8,10,13H,1-4,6-7,9H2,(H2,20,24). The Balaban J connectivity index is 1.68. The van der Waals surface area contributed by atoms with Crippen LogP contribution in [0.5, 0.6) is 0 Å². The first-order valence-electron chi connectivity index (χ1n) is 9.21. The van der Waals surface area contributed by atoms with Gasteiger partial charge in [0.05, 0.1) is 18.5 Å². The highest BCUT2D eigenvalue weighted by atomic mass is 32.1. The Morgan fingerprint density at radius 3 is 3.00 bits per heavy atom. The monoisotopic (exact) mass is 400 g/mol. The molecule has 2 N–H and O–H groups in total. The van der Waals surface area contributed by atoms with Crippen LogP contribution in [-0.2, 0) is 22.4 Å². The van der Waals surface area contributed by atoms with Crippen LogP contribution in [0.4, 0.5) is 5.82 Å². The molecule has 1 saturated heterocycles. The molecule has 4 heterocycles. The summed E-state index contributed by atoms with van der Waals surface area (Å²) in [6.07, 6.45) is 4.05. The van der Waals surface area contributed by atoms with Crippen LogP contribution in [0.15, 0.2) is 16.8 Å². The summed E-state index contributed by atoms with van der Waals surface area (Å²) in [7, 11) is 0. The summed E-state index contributed by atoms with van der Waals surface area (Å²) in [6, 6.07) is 2.05. The van der Waals surface area contributed by atoms with E-state index in [-0.39, 0.29) is 0 Å². The molecule has 8 heteroatoms. The Morgan fingerprint density at radius 2 is 2.19 bits per heavy atom. The second kappa shape index (κ2) is 6.85. The van der Waals surface area contributed by atoms with Crippen molar-refractivity contribution >= 4 is 44.6 Å². The predicted octanol–water partition coefficient (Wildman–Crippen LogP) is 2.99. The lowest BCUT2D eigenvalue weighted by atomic mass is 9.96.